The van der Waals surface area contributed by atoms with Gasteiger partial charge in [0, 0.05) is 19.1 Å². The van der Waals surface area contributed by atoms with Gasteiger partial charge in [0.2, 0.25) is 0 Å². The molecule has 0 bridgehead atoms. The summed E-state index contributed by atoms with van der Waals surface area (Å²) < 4.78 is 10.7. The van der Waals surface area contributed by atoms with Crippen molar-refractivity contribution >= 4 is 34.0 Å². The van der Waals surface area contributed by atoms with Crippen molar-refractivity contribution in [3.63, 3.8) is 0 Å². The van der Waals surface area contributed by atoms with Crippen LogP contribution in [0.3, 0.4) is 0 Å². The lowest BCUT2D eigenvalue weighted by Crippen LogP contribution is -2.28. The molecule has 7 heteroatoms. The Balaban J connectivity index is 1.67. The molecule has 1 aromatic heterocycles. The molecule has 0 amide bonds. The van der Waals surface area contributed by atoms with Crippen molar-refractivity contribution in [2.24, 2.45) is 5.92 Å². The van der Waals surface area contributed by atoms with Crippen LogP contribution >= 0.6 is 22.9 Å². The molecule has 2 unspecified atom stereocenters. The van der Waals surface area contributed by atoms with E-state index < -0.39 is 5.97 Å². The number of nitrogens with one attached hydrogen (secondary N) is 1. The third-order valence-electron chi connectivity index (χ3n) is 4.04. The SMILES string of the molecule is COC(=O)c1sc(NCC2CCCOC2c2ccccc2)nc1Cl. The smallest absolute Gasteiger partial charge is 0.351 e. The fourth-order valence-electron chi connectivity index (χ4n) is 2.88. The van der Waals surface area contributed by atoms with E-state index in [9.17, 15) is 4.79 Å². The van der Waals surface area contributed by atoms with E-state index in [0.29, 0.717) is 22.5 Å². The number of hydrogen-bond donors (Lipinski definition) is 1. The molecule has 0 aliphatic carbocycles. The van der Waals surface area contributed by atoms with Gasteiger partial charge in [-0.2, -0.15) is 0 Å². The number of thiazole rings is 1. The molecule has 1 saturated heterocycles. The van der Waals surface area contributed by atoms with Crippen LogP contribution in [-0.2, 0) is 9.47 Å². The highest BCUT2D eigenvalue weighted by Crippen LogP contribution is 2.34. The van der Waals surface area contributed by atoms with E-state index in [1.807, 2.05) is 18.2 Å². The van der Waals surface area contributed by atoms with Crippen LogP contribution in [0.15, 0.2) is 30.3 Å². The molecular weight excluding hydrogens is 348 g/mol. The van der Waals surface area contributed by atoms with Crippen molar-refractivity contribution < 1.29 is 14.3 Å². The number of aromatic nitrogens is 1. The summed E-state index contributed by atoms with van der Waals surface area (Å²) in [5, 5.41) is 4.09. The summed E-state index contributed by atoms with van der Waals surface area (Å²) in [7, 11) is 1.33. The molecule has 2 aromatic rings. The fraction of sp³-hybridized carbons (Fsp3) is 0.412. The van der Waals surface area contributed by atoms with Crippen molar-refractivity contribution in [1.82, 2.24) is 4.98 Å². The number of ether oxygens (including phenoxy) is 2. The Kier molecular flexibility index (Phi) is 5.71. The van der Waals surface area contributed by atoms with E-state index in [0.717, 1.165) is 19.4 Å². The van der Waals surface area contributed by atoms with Crippen LogP contribution in [-0.4, -0.2) is 31.2 Å². The van der Waals surface area contributed by atoms with Crippen molar-refractivity contribution in [2.45, 2.75) is 18.9 Å². The van der Waals surface area contributed by atoms with E-state index >= 15 is 0 Å². The number of halogens is 1. The van der Waals surface area contributed by atoms with Crippen LogP contribution in [0.1, 0.15) is 34.2 Å². The average Bonchev–Trinajstić information content (AvgIpc) is 3.01. The van der Waals surface area contributed by atoms with Gasteiger partial charge >= 0.3 is 5.97 Å². The monoisotopic (exact) mass is 366 g/mol. The van der Waals surface area contributed by atoms with Gasteiger partial charge in [-0.05, 0) is 18.4 Å². The highest BCUT2D eigenvalue weighted by Gasteiger charge is 2.27. The number of methoxy groups -OCH3 is 1. The number of esters is 1. The molecule has 1 aliphatic heterocycles. The number of carbonyl (C=O) groups is 1. The summed E-state index contributed by atoms with van der Waals surface area (Å²) in [5.74, 6) is -0.126. The molecule has 128 valence electrons. The second-order valence-corrected chi connectivity index (χ2v) is 6.97. The second kappa shape index (κ2) is 7.96. The Hall–Kier alpha value is -1.63. The van der Waals surface area contributed by atoms with Crippen molar-refractivity contribution in [3.8, 4) is 0 Å². The largest absolute Gasteiger partial charge is 0.465 e. The number of benzene rings is 1. The predicted molar refractivity (Wildman–Crippen MR) is 94.8 cm³/mol. The number of carbonyl (C=O) groups excluding carboxylic acids is 1. The Morgan fingerprint density at radius 3 is 3.00 bits per heavy atom. The first kappa shape index (κ1) is 17.2. The lowest BCUT2D eigenvalue weighted by atomic mass is 9.89. The Morgan fingerprint density at radius 2 is 2.25 bits per heavy atom. The molecule has 1 N–H and O–H groups in total. The van der Waals surface area contributed by atoms with Crippen LogP contribution in [0, 0.1) is 5.92 Å². The normalized spacial score (nSPS) is 20.6. The molecule has 0 spiro atoms. The summed E-state index contributed by atoms with van der Waals surface area (Å²) in [6, 6.07) is 10.3. The minimum absolute atomic E-state index is 0.0722. The van der Waals surface area contributed by atoms with Gasteiger partial charge in [0.1, 0.15) is 0 Å². The Labute approximate surface area is 150 Å². The summed E-state index contributed by atoms with van der Waals surface area (Å²) in [6.45, 7) is 1.50. The lowest BCUT2D eigenvalue weighted by molar-refractivity contribution is -0.0238. The zero-order valence-corrected chi connectivity index (χ0v) is 14.9. The van der Waals surface area contributed by atoms with Gasteiger partial charge in [0.25, 0.3) is 0 Å². The maximum Gasteiger partial charge on any atom is 0.351 e. The molecule has 0 radical (unpaired) electrons. The van der Waals surface area contributed by atoms with Crippen LogP contribution in [0.2, 0.25) is 5.15 Å². The first-order valence-electron chi connectivity index (χ1n) is 7.84. The second-order valence-electron chi connectivity index (χ2n) is 5.62. The average molecular weight is 367 g/mol. The zero-order valence-electron chi connectivity index (χ0n) is 13.3. The number of nitrogens with zero attached hydrogens (tertiary/aromatic N) is 1. The summed E-state index contributed by atoms with van der Waals surface area (Å²) in [6.07, 6.45) is 2.19. The molecule has 0 saturated carbocycles. The maximum atomic E-state index is 11.6. The number of rotatable bonds is 5. The molecule has 2 atom stereocenters. The molecule has 1 aliphatic rings. The van der Waals surface area contributed by atoms with Crippen LogP contribution in [0.5, 0.6) is 0 Å². The highest BCUT2D eigenvalue weighted by molar-refractivity contribution is 7.18. The summed E-state index contributed by atoms with van der Waals surface area (Å²) in [4.78, 5) is 16.1. The third-order valence-corrected chi connectivity index (χ3v) is 5.42. The molecule has 2 heterocycles. The van der Waals surface area contributed by atoms with E-state index in [1.54, 1.807) is 0 Å². The van der Waals surface area contributed by atoms with Gasteiger partial charge in [0.05, 0.1) is 13.2 Å². The summed E-state index contributed by atoms with van der Waals surface area (Å²) in [5.41, 5.74) is 1.19. The van der Waals surface area contributed by atoms with Crippen LogP contribution in [0.4, 0.5) is 5.13 Å². The first-order valence-corrected chi connectivity index (χ1v) is 9.03. The molecule has 1 aromatic carbocycles. The summed E-state index contributed by atoms with van der Waals surface area (Å²) >= 11 is 7.21. The molecule has 5 nitrogen and oxygen atoms in total. The predicted octanol–water partition coefficient (Wildman–Crippen LogP) is 4.16. The Morgan fingerprint density at radius 1 is 1.46 bits per heavy atom. The van der Waals surface area contributed by atoms with Gasteiger partial charge in [-0.15, -0.1) is 0 Å². The third kappa shape index (κ3) is 3.88. The van der Waals surface area contributed by atoms with Crippen LogP contribution in [0.25, 0.3) is 0 Å². The van der Waals surface area contributed by atoms with E-state index in [-0.39, 0.29) is 11.3 Å². The topological polar surface area (TPSA) is 60.5 Å². The van der Waals surface area contributed by atoms with Crippen molar-refractivity contribution in [1.29, 1.82) is 0 Å². The highest BCUT2D eigenvalue weighted by atomic mass is 35.5. The van der Waals surface area contributed by atoms with Crippen molar-refractivity contribution in [3.05, 3.63) is 45.9 Å². The van der Waals surface area contributed by atoms with Crippen molar-refractivity contribution in [2.75, 3.05) is 25.6 Å². The molecular formula is C17H19ClN2O3S. The fourth-order valence-corrected chi connectivity index (χ4v) is 3.99. The molecule has 1 fully saturated rings. The maximum absolute atomic E-state index is 11.6. The zero-order chi connectivity index (χ0) is 16.9. The van der Waals surface area contributed by atoms with Gasteiger partial charge < -0.3 is 14.8 Å². The van der Waals surface area contributed by atoms with E-state index in [4.69, 9.17) is 21.1 Å². The minimum Gasteiger partial charge on any atom is -0.465 e. The Bertz CT molecular complexity index is 692. The number of anilines is 1. The van der Waals surface area contributed by atoms with Gasteiger partial charge in [0.15, 0.2) is 15.2 Å². The lowest BCUT2D eigenvalue weighted by Gasteiger charge is -2.32. The van der Waals surface area contributed by atoms with E-state index in [1.165, 1.54) is 24.0 Å². The van der Waals surface area contributed by atoms with Crippen LogP contribution < -0.4 is 5.32 Å². The van der Waals surface area contributed by atoms with Gasteiger partial charge in [-0.3, -0.25) is 0 Å². The van der Waals surface area contributed by atoms with E-state index in [2.05, 4.69) is 22.4 Å². The standard InChI is InChI=1S/C17H19ClN2O3S/c1-22-16(21)14-15(18)20-17(24-14)19-10-12-8-5-9-23-13(12)11-6-3-2-4-7-11/h2-4,6-7,12-13H,5,8-10H2,1H3,(H,19,20). The molecule has 3 rings (SSSR count). The quantitative estimate of drug-likeness (QED) is 0.805. The molecule has 24 heavy (non-hydrogen) atoms. The minimum atomic E-state index is -0.464. The number of hydrogen-bond acceptors (Lipinski definition) is 6. The first-order chi connectivity index (χ1) is 11.7. The van der Waals surface area contributed by atoms with Gasteiger partial charge in [-0.25, -0.2) is 9.78 Å². The van der Waals surface area contributed by atoms with Gasteiger partial charge in [-0.1, -0.05) is 53.3 Å².